The molecule has 1 aliphatic rings. The fourth-order valence-electron chi connectivity index (χ4n) is 4.06. The number of ether oxygens (including phenoxy) is 1. The van der Waals surface area contributed by atoms with Crippen molar-refractivity contribution in [2.75, 3.05) is 13.2 Å². The van der Waals surface area contributed by atoms with E-state index in [0.717, 1.165) is 37.0 Å². The zero-order chi connectivity index (χ0) is 22.6. The van der Waals surface area contributed by atoms with E-state index in [4.69, 9.17) is 27.9 Å². The number of aromatic nitrogens is 1. The lowest BCUT2D eigenvalue weighted by Crippen LogP contribution is -2.28. The standard InChI is InChI=1S/C24H24Cl2N2O3S/c25-23-9-6-17(14-24(23)26)13-19-4-1-3-18-7-8-20(15-22(18)19)31-12-11-28-32(29,30)21-5-2-10-27-16-21/h2,5-10,14-16,19,28H,1,3-4,11-13H2. The minimum atomic E-state index is -3.59. The van der Waals surface area contributed by atoms with Gasteiger partial charge in [-0.05, 0) is 84.7 Å². The first-order chi connectivity index (χ1) is 15.4. The number of benzene rings is 2. The summed E-state index contributed by atoms with van der Waals surface area (Å²) >= 11 is 12.2. The minimum absolute atomic E-state index is 0.138. The molecule has 0 saturated heterocycles. The van der Waals surface area contributed by atoms with Crippen molar-refractivity contribution >= 4 is 33.2 Å². The number of halogens is 2. The Morgan fingerprint density at radius 2 is 1.97 bits per heavy atom. The molecule has 0 radical (unpaired) electrons. The monoisotopic (exact) mass is 490 g/mol. The average molecular weight is 491 g/mol. The molecular formula is C24H24Cl2N2O3S. The Morgan fingerprint density at radius 3 is 2.75 bits per heavy atom. The molecule has 1 aromatic heterocycles. The van der Waals surface area contributed by atoms with E-state index in [1.807, 2.05) is 24.3 Å². The fourth-order valence-corrected chi connectivity index (χ4v) is 5.36. The summed E-state index contributed by atoms with van der Waals surface area (Å²) in [7, 11) is -3.59. The summed E-state index contributed by atoms with van der Waals surface area (Å²) in [5.41, 5.74) is 3.79. The number of sulfonamides is 1. The van der Waals surface area contributed by atoms with E-state index in [0.29, 0.717) is 16.0 Å². The number of hydrogen-bond acceptors (Lipinski definition) is 4. The third-order valence-corrected chi connectivity index (χ3v) is 7.81. The molecule has 3 aromatic rings. The van der Waals surface area contributed by atoms with Crippen molar-refractivity contribution in [1.82, 2.24) is 9.71 Å². The third kappa shape index (κ3) is 5.62. The molecule has 1 aliphatic carbocycles. The molecule has 1 atom stereocenters. The number of aryl methyl sites for hydroxylation is 1. The van der Waals surface area contributed by atoms with Gasteiger partial charge < -0.3 is 4.74 Å². The molecule has 0 aliphatic heterocycles. The number of pyridine rings is 1. The van der Waals surface area contributed by atoms with E-state index < -0.39 is 10.0 Å². The molecule has 4 rings (SSSR count). The van der Waals surface area contributed by atoms with Crippen LogP contribution in [0.15, 0.2) is 65.8 Å². The number of rotatable bonds is 8. The molecule has 0 spiro atoms. The summed E-state index contributed by atoms with van der Waals surface area (Å²) in [4.78, 5) is 3.99. The predicted octanol–water partition coefficient (Wildman–Crippen LogP) is 5.41. The highest BCUT2D eigenvalue weighted by Gasteiger charge is 2.22. The first kappa shape index (κ1) is 23.1. The summed E-state index contributed by atoms with van der Waals surface area (Å²) in [6.45, 7) is 0.400. The van der Waals surface area contributed by atoms with Gasteiger partial charge in [0, 0.05) is 18.9 Å². The fraction of sp³-hybridized carbons (Fsp3) is 0.292. The predicted molar refractivity (Wildman–Crippen MR) is 127 cm³/mol. The Balaban J connectivity index is 1.39. The smallest absolute Gasteiger partial charge is 0.242 e. The van der Waals surface area contributed by atoms with Crippen molar-refractivity contribution in [2.24, 2.45) is 0 Å². The van der Waals surface area contributed by atoms with E-state index in [-0.39, 0.29) is 18.0 Å². The Kier molecular flexibility index (Phi) is 7.36. The highest BCUT2D eigenvalue weighted by molar-refractivity contribution is 7.89. The van der Waals surface area contributed by atoms with Crippen LogP contribution in [0, 0.1) is 0 Å². The van der Waals surface area contributed by atoms with Crippen molar-refractivity contribution < 1.29 is 13.2 Å². The zero-order valence-corrected chi connectivity index (χ0v) is 19.8. The molecule has 0 fully saturated rings. The molecule has 5 nitrogen and oxygen atoms in total. The second-order valence-corrected chi connectivity index (χ2v) is 10.4. The van der Waals surface area contributed by atoms with Crippen LogP contribution in [0.3, 0.4) is 0 Å². The minimum Gasteiger partial charge on any atom is -0.492 e. The number of nitrogens with one attached hydrogen (secondary N) is 1. The van der Waals surface area contributed by atoms with Crippen molar-refractivity contribution in [1.29, 1.82) is 0 Å². The Labute approximate surface area is 198 Å². The van der Waals surface area contributed by atoms with Crippen molar-refractivity contribution in [3.8, 4) is 5.75 Å². The van der Waals surface area contributed by atoms with Crippen LogP contribution in [-0.2, 0) is 22.9 Å². The zero-order valence-electron chi connectivity index (χ0n) is 17.4. The normalized spacial score (nSPS) is 15.9. The van der Waals surface area contributed by atoms with Gasteiger partial charge in [-0.15, -0.1) is 0 Å². The number of hydrogen-bond donors (Lipinski definition) is 1. The van der Waals surface area contributed by atoms with Crippen LogP contribution < -0.4 is 9.46 Å². The van der Waals surface area contributed by atoms with E-state index in [1.54, 1.807) is 6.07 Å². The SMILES string of the molecule is O=S(=O)(NCCOc1ccc2c(c1)C(Cc1ccc(Cl)c(Cl)c1)CCC2)c1cccnc1. The van der Waals surface area contributed by atoms with Crippen LogP contribution in [0.1, 0.15) is 35.4 Å². The quantitative estimate of drug-likeness (QED) is 0.428. The van der Waals surface area contributed by atoms with Crippen molar-refractivity contribution in [2.45, 2.75) is 36.5 Å². The summed E-state index contributed by atoms with van der Waals surface area (Å²) in [6, 6.07) is 15.1. The average Bonchev–Trinajstić information content (AvgIpc) is 2.80. The van der Waals surface area contributed by atoms with Gasteiger partial charge in [0.1, 0.15) is 17.3 Å². The largest absolute Gasteiger partial charge is 0.492 e. The lowest BCUT2D eigenvalue weighted by Gasteiger charge is -2.26. The van der Waals surface area contributed by atoms with Crippen LogP contribution >= 0.6 is 23.2 Å². The maximum atomic E-state index is 12.3. The van der Waals surface area contributed by atoms with E-state index in [1.165, 1.54) is 29.6 Å². The van der Waals surface area contributed by atoms with Crippen LogP contribution in [0.2, 0.25) is 10.0 Å². The van der Waals surface area contributed by atoms with E-state index in [2.05, 4.69) is 21.8 Å². The van der Waals surface area contributed by atoms with Gasteiger partial charge in [0.2, 0.25) is 10.0 Å². The molecule has 1 unspecified atom stereocenters. The van der Waals surface area contributed by atoms with Gasteiger partial charge in [0.05, 0.1) is 10.0 Å². The highest BCUT2D eigenvalue weighted by Crippen LogP contribution is 2.37. The molecule has 8 heteroatoms. The van der Waals surface area contributed by atoms with Crippen LogP contribution in [0.25, 0.3) is 0 Å². The van der Waals surface area contributed by atoms with Gasteiger partial charge in [-0.2, -0.15) is 0 Å². The van der Waals surface area contributed by atoms with Gasteiger partial charge in [-0.3, -0.25) is 4.98 Å². The molecule has 168 valence electrons. The molecule has 0 bridgehead atoms. The third-order valence-electron chi connectivity index (χ3n) is 5.63. The molecule has 32 heavy (non-hydrogen) atoms. The summed E-state index contributed by atoms with van der Waals surface area (Å²) in [6.07, 6.45) is 7.04. The van der Waals surface area contributed by atoms with Gasteiger partial charge in [-0.25, -0.2) is 13.1 Å². The molecule has 0 amide bonds. The van der Waals surface area contributed by atoms with Crippen LogP contribution in [-0.4, -0.2) is 26.6 Å². The molecule has 2 aromatic carbocycles. The Morgan fingerprint density at radius 1 is 1.09 bits per heavy atom. The van der Waals surface area contributed by atoms with Gasteiger partial charge >= 0.3 is 0 Å². The van der Waals surface area contributed by atoms with Gasteiger partial charge in [0.15, 0.2) is 0 Å². The van der Waals surface area contributed by atoms with Gasteiger partial charge in [0.25, 0.3) is 0 Å². The maximum Gasteiger partial charge on any atom is 0.242 e. The number of fused-ring (bicyclic) bond motifs is 1. The lowest BCUT2D eigenvalue weighted by molar-refractivity contribution is 0.321. The first-order valence-corrected chi connectivity index (χ1v) is 12.8. The topological polar surface area (TPSA) is 68.3 Å². The molecule has 1 N–H and O–H groups in total. The van der Waals surface area contributed by atoms with Crippen LogP contribution in [0.5, 0.6) is 5.75 Å². The summed E-state index contributed by atoms with van der Waals surface area (Å²) < 4.78 is 32.9. The molecule has 0 saturated carbocycles. The Hall–Kier alpha value is -2.12. The molecular weight excluding hydrogens is 467 g/mol. The number of nitrogens with zero attached hydrogens (tertiary/aromatic N) is 1. The maximum absolute atomic E-state index is 12.3. The summed E-state index contributed by atoms with van der Waals surface area (Å²) in [5.74, 6) is 1.12. The molecule has 1 heterocycles. The second kappa shape index (κ2) is 10.2. The summed E-state index contributed by atoms with van der Waals surface area (Å²) in [5, 5.41) is 1.14. The Bertz CT molecular complexity index is 1190. The van der Waals surface area contributed by atoms with E-state index >= 15 is 0 Å². The van der Waals surface area contributed by atoms with Crippen molar-refractivity contribution in [3.05, 3.63) is 87.7 Å². The van der Waals surface area contributed by atoms with Crippen molar-refractivity contribution in [3.63, 3.8) is 0 Å². The van der Waals surface area contributed by atoms with E-state index in [9.17, 15) is 8.42 Å². The first-order valence-electron chi connectivity index (χ1n) is 10.5. The van der Waals surface area contributed by atoms with Crippen LogP contribution in [0.4, 0.5) is 0 Å². The van der Waals surface area contributed by atoms with Gasteiger partial charge in [-0.1, -0.05) is 35.3 Å². The lowest BCUT2D eigenvalue weighted by atomic mass is 9.79. The second-order valence-electron chi connectivity index (χ2n) is 7.84. The highest BCUT2D eigenvalue weighted by atomic mass is 35.5.